The van der Waals surface area contributed by atoms with Gasteiger partial charge in [0.05, 0.1) is 18.5 Å². The summed E-state index contributed by atoms with van der Waals surface area (Å²) in [6, 6.07) is 27.3. The number of methoxy groups -OCH3 is 1. The van der Waals surface area contributed by atoms with Crippen molar-refractivity contribution >= 4 is 45.6 Å². The van der Waals surface area contributed by atoms with Crippen LogP contribution in [0, 0.1) is 0 Å². The Kier molecular flexibility index (Phi) is 5.23. The predicted octanol–water partition coefficient (Wildman–Crippen LogP) is 4.89. The molecule has 1 saturated heterocycles. The first kappa shape index (κ1) is 20.7. The number of thioether (sulfide) groups is 1. The zero-order valence-electron chi connectivity index (χ0n) is 17.6. The van der Waals surface area contributed by atoms with Crippen LogP contribution in [0.4, 0.5) is 5.69 Å². The van der Waals surface area contributed by atoms with Gasteiger partial charge in [0.25, 0.3) is 5.91 Å². The minimum atomic E-state index is -1.00. The minimum Gasteiger partial charge on any atom is -0.497 e. The minimum absolute atomic E-state index is 0.0608. The number of anilines is 1. The Bertz CT molecular complexity index is 1200. The van der Waals surface area contributed by atoms with Crippen molar-refractivity contribution in [2.45, 2.75) is 10.8 Å². The van der Waals surface area contributed by atoms with E-state index in [1.807, 2.05) is 89.9 Å². The molecule has 160 valence electrons. The maximum Gasteiger partial charge on any atom is 0.253 e. The summed E-state index contributed by atoms with van der Waals surface area (Å²) in [5.74, 6) is 0.698. The highest BCUT2D eigenvalue weighted by Gasteiger charge is 2.64. The molecule has 0 saturated carbocycles. The number of hydrogen-bond acceptors (Lipinski definition) is 6. The lowest BCUT2D eigenvalue weighted by Crippen LogP contribution is -2.49. The van der Waals surface area contributed by atoms with Gasteiger partial charge in [0, 0.05) is 7.05 Å². The fourth-order valence-electron chi connectivity index (χ4n) is 4.26. The van der Waals surface area contributed by atoms with Crippen LogP contribution in [0.3, 0.4) is 0 Å². The second kappa shape index (κ2) is 8.07. The Morgan fingerprint density at radius 2 is 1.59 bits per heavy atom. The molecule has 32 heavy (non-hydrogen) atoms. The van der Waals surface area contributed by atoms with Crippen molar-refractivity contribution in [2.24, 2.45) is 5.10 Å². The van der Waals surface area contributed by atoms with E-state index in [0.29, 0.717) is 10.0 Å². The summed E-state index contributed by atoms with van der Waals surface area (Å²) in [7, 11) is 3.38. The van der Waals surface area contributed by atoms with Gasteiger partial charge in [-0.2, -0.15) is 5.10 Å². The molecular weight excluding hydrogens is 438 g/mol. The first-order valence-corrected chi connectivity index (χ1v) is 11.4. The number of para-hydroxylation sites is 1. The third-order valence-corrected chi connectivity index (χ3v) is 7.72. The molecule has 3 aromatic carbocycles. The number of hydrogen-bond donors (Lipinski definition) is 0. The molecule has 2 unspecified atom stereocenters. The maximum absolute atomic E-state index is 13.9. The molecule has 0 bridgehead atoms. The quantitative estimate of drug-likeness (QED) is 0.520. The van der Waals surface area contributed by atoms with E-state index in [0.717, 1.165) is 22.6 Å². The number of amides is 1. The molecule has 1 amide bonds. The molecule has 5 nitrogen and oxygen atoms in total. The SMILES string of the molecule is COc1ccc(C2N(c3ccccc3)N=C(c3ccccc3)C23SC(=S)N(C)C3=O)cc1. The number of carbonyl (C=O) groups is 1. The van der Waals surface area contributed by atoms with Gasteiger partial charge in [-0.05, 0) is 35.4 Å². The summed E-state index contributed by atoms with van der Waals surface area (Å²) in [6.07, 6.45) is 0. The van der Waals surface area contributed by atoms with Crippen LogP contribution in [0.25, 0.3) is 0 Å². The van der Waals surface area contributed by atoms with E-state index in [1.54, 1.807) is 19.1 Å². The first-order valence-electron chi connectivity index (χ1n) is 10.2. The molecule has 0 aromatic heterocycles. The molecule has 2 atom stereocenters. The van der Waals surface area contributed by atoms with E-state index >= 15 is 0 Å². The van der Waals surface area contributed by atoms with Gasteiger partial charge >= 0.3 is 0 Å². The van der Waals surface area contributed by atoms with Crippen LogP contribution in [-0.2, 0) is 4.79 Å². The Morgan fingerprint density at radius 1 is 0.969 bits per heavy atom. The van der Waals surface area contributed by atoms with Gasteiger partial charge in [0.15, 0.2) is 4.75 Å². The van der Waals surface area contributed by atoms with Crippen molar-refractivity contribution in [3.8, 4) is 5.75 Å². The second-order valence-corrected chi connectivity index (χ2v) is 9.52. The fraction of sp³-hybridized carbons (Fsp3) is 0.160. The summed E-state index contributed by atoms with van der Waals surface area (Å²) in [5.41, 5.74) is 3.49. The Labute approximate surface area is 196 Å². The molecule has 1 fully saturated rings. The van der Waals surface area contributed by atoms with E-state index in [2.05, 4.69) is 0 Å². The van der Waals surface area contributed by atoms with Crippen LogP contribution in [0.1, 0.15) is 17.2 Å². The monoisotopic (exact) mass is 459 g/mol. The summed E-state index contributed by atoms with van der Waals surface area (Å²) in [4.78, 5) is 15.5. The van der Waals surface area contributed by atoms with Crippen molar-refractivity contribution in [3.05, 3.63) is 96.1 Å². The van der Waals surface area contributed by atoms with Crippen LogP contribution in [0.5, 0.6) is 5.75 Å². The average Bonchev–Trinajstić information content (AvgIpc) is 3.30. The Balaban J connectivity index is 1.77. The van der Waals surface area contributed by atoms with E-state index in [4.69, 9.17) is 22.1 Å². The molecule has 0 N–H and O–H groups in total. The van der Waals surface area contributed by atoms with Crippen molar-refractivity contribution in [1.29, 1.82) is 0 Å². The number of nitrogens with zero attached hydrogens (tertiary/aromatic N) is 3. The molecule has 1 spiro atoms. The Hall–Kier alpha value is -3.16. The normalized spacial score (nSPS) is 22.6. The van der Waals surface area contributed by atoms with Crippen molar-refractivity contribution < 1.29 is 9.53 Å². The number of carbonyl (C=O) groups excluding carboxylic acids is 1. The number of benzene rings is 3. The number of thiocarbonyl (C=S) groups is 1. The zero-order valence-corrected chi connectivity index (χ0v) is 19.3. The first-order chi connectivity index (χ1) is 15.6. The number of hydrazone groups is 1. The summed E-state index contributed by atoms with van der Waals surface area (Å²) < 4.78 is 4.91. The molecule has 0 aliphatic carbocycles. The summed E-state index contributed by atoms with van der Waals surface area (Å²) in [6.45, 7) is 0. The van der Waals surface area contributed by atoms with Crippen molar-refractivity contribution in [1.82, 2.24) is 4.90 Å². The van der Waals surface area contributed by atoms with Gasteiger partial charge < -0.3 is 4.74 Å². The largest absolute Gasteiger partial charge is 0.497 e. The lowest BCUT2D eigenvalue weighted by molar-refractivity contribution is -0.126. The highest BCUT2D eigenvalue weighted by molar-refractivity contribution is 8.25. The zero-order chi connectivity index (χ0) is 22.3. The van der Waals surface area contributed by atoms with Crippen LogP contribution in [-0.4, -0.2) is 39.7 Å². The molecule has 7 heteroatoms. The molecule has 5 rings (SSSR count). The predicted molar refractivity (Wildman–Crippen MR) is 133 cm³/mol. The summed E-state index contributed by atoms with van der Waals surface area (Å²) >= 11 is 7.01. The topological polar surface area (TPSA) is 45.1 Å². The van der Waals surface area contributed by atoms with E-state index < -0.39 is 4.75 Å². The number of rotatable bonds is 4. The average molecular weight is 460 g/mol. The molecule has 2 aliphatic heterocycles. The van der Waals surface area contributed by atoms with Crippen LogP contribution in [0.15, 0.2) is 90.0 Å². The van der Waals surface area contributed by atoms with E-state index in [1.165, 1.54) is 11.8 Å². The van der Waals surface area contributed by atoms with Crippen LogP contribution in [0.2, 0.25) is 0 Å². The molecule has 3 aromatic rings. The highest BCUT2D eigenvalue weighted by atomic mass is 32.2. The summed E-state index contributed by atoms with van der Waals surface area (Å²) in [5, 5.41) is 7.03. The van der Waals surface area contributed by atoms with Crippen LogP contribution >= 0.6 is 24.0 Å². The molecule has 2 heterocycles. The van der Waals surface area contributed by atoms with Gasteiger partial charge in [0.2, 0.25) is 0 Å². The molecular formula is C25H21N3O2S2. The van der Waals surface area contributed by atoms with Crippen LogP contribution < -0.4 is 9.75 Å². The van der Waals surface area contributed by atoms with Gasteiger partial charge in [-0.15, -0.1) is 0 Å². The third kappa shape index (κ3) is 3.12. The molecule has 2 aliphatic rings. The third-order valence-electron chi connectivity index (χ3n) is 5.83. The standard InChI is InChI=1S/C25H21N3O2S2/c1-27-23(29)25(32-24(27)31)21(17-9-5-3-6-10-17)26-28(19-11-7-4-8-12-19)22(25)18-13-15-20(30-2)16-14-18/h3-16,22H,1-2H3. The highest BCUT2D eigenvalue weighted by Crippen LogP contribution is 2.55. The van der Waals surface area contributed by atoms with Crippen molar-refractivity contribution in [3.63, 3.8) is 0 Å². The lowest BCUT2D eigenvalue weighted by Gasteiger charge is -2.33. The Morgan fingerprint density at radius 3 is 2.16 bits per heavy atom. The van der Waals surface area contributed by atoms with Gasteiger partial charge in [-0.3, -0.25) is 14.7 Å². The molecule has 0 radical (unpaired) electrons. The lowest BCUT2D eigenvalue weighted by atomic mass is 9.84. The smallest absolute Gasteiger partial charge is 0.253 e. The van der Waals surface area contributed by atoms with E-state index in [9.17, 15) is 4.79 Å². The number of ether oxygens (including phenoxy) is 1. The second-order valence-electron chi connectivity index (χ2n) is 7.64. The fourth-order valence-corrected chi connectivity index (χ4v) is 6.06. The van der Waals surface area contributed by atoms with Gasteiger partial charge in [-0.25, -0.2) is 0 Å². The van der Waals surface area contributed by atoms with Gasteiger partial charge in [-0.1, -0.05) is 84.6 Å². The van der Waals surface area contributed by atoms with E-state index in [-0.39, 0.29) is 11.9 Å². The maximum atomic E-state index is 13.9. The van der Waals surface area contributed by atoms with Gasteiger partial charge in [0.1, 0.15) is 16.1 Å². The van der Waals surface area contributed by atoms with Crippen molar-refractivity contribution in [2.75, 3.05) is 19.2 Å².